The number of nitrogens with zero attached hydrogens (tertiary/aromatic N) is 2. The van der Waals surface area contributed by atoms with Crippen LogP contribution in [0.5, 0.6) is 5.75 Å². The normalized spacial score (nSPS) is 19.0. The molecule has 0 saturated carbocycles. The van der Waals surface area contributed by atoms with Crippen LogP contribution in [0.4, 0.5) is 0 Å². The van der Waals surface area contributed by atoms with Crippen molar-refractivity contribution in [3.8, 4) is 5.75 Å². The second kappa shape index (κ2) is 5.72. The van der Waals surface area contributed by atoms with E-state index in [0.29, 0.717) is 23.3 Å². The molecule has 1 aromatic carbocycles. The minimum Gasteiger partial charge on any atom is -0.495 e. The Bertz CT molecular complexity index is 801. The van der Waals surface area contributed by atoms with Gasteiger partial charge in [0.2, 0.25) is 10.0 Å². The van der Waals surface area contributed by atoms with E-state index in [1.54, 1.807) is 18.2 Å². The number of fused-ring (bicyclic) bond motifs is 1. The summed E-state index contributed by atoms with van der Waals surface area (Å²) >= 11 is 3.33. The molecule has 0 bridgehead atoms. The van der Waals surface area contributed by atoms with E-state index in [9.17, 15) is 8.42 Å². The number of rotatable bonds is 3. The molecule has 0 radical (unpaired) electrons. The van der Waals surface area contributed by atoms with Crippen molar-refractivity contribution in [1.82, 2.24) is 8.87 Å². The van der Waals surface area contributed by atoms with E-state index in [2.05, 4.69) is 20.5 Å². The van der Waals surface area contributed by atoms with Gasteiger partial charge in [0.1, 0.15) is 10.6 Å². The average Bonchev–Trinajstić information content (AvgIpc) is 2.96. The van der Waals surface area contributed by atoms with Crippen LogP contribution in [0.25, 0.3) is 0 Å². The highest BCUT2D eigenvalue weighted by Crippen LogP contribution is 2.35. The summed E-state index contributed by atoms with van der Waals surface area (Å²) in [6, 6.07) is 8.72. The van der Waals surface area contributed by atoms with E-state index < -0.39 is 10.0 Å². The number of hydrogen-bond donors (Lipinski definition) is 0. The molecule has 0 N–H and O–H groups in total. The van der Waals surface area contributed by atoms with Crippen molar-refractivity contribution in [3.63, 3.8) is 0 Å². The molecule has 5 nitrogen and oxygen atoms in total. The molecule has 1 aliphatic rings. The number of halogens is 1. The van der Waals surface area contributed by atoms with Crippen LogP contribution in [-0.2, 0) is 16.6 Å². The summed E-state index contributed by atoms with van der Waals surface area (Å²) in [4.78, 5) is 0.191. The Labute approximate surface area is 138 Å². The Hall–Kier alpha value is -1.31. The maximum absolute atomic E-state index is 13.1. The standard InChI is InChI=1S/C15H17BrN2O3S/c1-11-13-4-3-7-17(13)8-9-18(11)22(19,20)15-10-12(16)5-6-14(15)21-2/h3-7,10-11H,8-9H2,1-2H3. The summed E-state index contributed by atoms with van der Waals surface area (Å²) in [7, 11) is -2.15. The smallest absolute Gasteiger partial charge is 0.247 e. The molecule has 1 unspecified atom stereocenters. The molecule has 118 valence electrons. The fraction of sp³-hybridized carbons (Fsp3) is 0.333. The molecule has 3 rings (SSSR count). The van der Waals surface area contributed by atoms with Gasteiger partial charge in [-0.1, -0.05) is 15.9 Å². The minimum atomic E-state index is -3.63. The number of benzene rings is 1. The van der Waals surface area contributed by atoms with E-state index in [4.69, 9.17) is 4.74 Å². The maximum Gasteiger partial charge on any atom is 0.247 e. The van der Waals surface area contributed by atoms with Crippen LogP contribution in [0.15, 0.2) is 45.9 Å². The molecule has 0 aliphatic carbocycles. The van der Waals surface area contributed by atoms with Crippen LogP contribution in [0.3, 0.4) is 0 Å². The average molecular weight is 385 g/mol. The first-order chi connectivity index (χ1) is 10.4. The van der Waals surface area contributed by atoms with Crippen LogP contribution in [0.2, 0.25) is 0 Å². The molecule has 2 aromatic rings. The summed E-state index contributed by atoms with van der Waals surface area (Å²) in [5.74, 6) is 0.358. The third-order valence-corrected chi connectivity index (χ3v) is 6.48. The van der Waals surface area contributed by atoms with Gasteiger partial charge in [0.15, 0.2) is 0 Å². The Morgan fingerprint density at radius 1 is 1.27 bits per heavy atom. The fourth-order valence-electron chi connectivity index (χ4n) is 2.86. The Morgan fingerprint density at radius 2 is 2.05 bits per heavy atom. The van der Waals surface area contributed by atoms with Crippen LogP contribution in [0, 0.1) is 0 Å². The molecular formula is C15H17BrN2O3S. The molecule has 0 spiro atoms. The van der Waals surface area contributed by atoms with Gasteiger partial charge in [0.25, 0.3) is 0 Å². The van der Waals surface area contributed by atoms with Crippen molar-refractivity contribution in [3.05, 3.63) is 46.7 Å². The monoisotopic (exact) mass is 384 g/mol. The maximum atomic E-state index is 13.1. The molecular weight excluding hydrogens is 368 g/mol. The first-order valence-electron chi connectivity index (χ1n) is 6.95. The lowest BCUT2D eigenvalue weighted by Gasteiger charge is -2.34. The quantitative estimate of drug-likeness (QED) is 0.816. The van der Waals surface area contributed by atoms with Crippen LogP contribution >= 0.6 is 15.9 Å². The minimum absolute atomic E-state index is 0.191. The zero-order valence-electron chi connectivity index (χ0n) is 12.4. The molecule has 7 heteroatoms. The van der Waals surface area contributed by atoms with Gasteiger partial charge in [-0.15, -0.1) is 0 Å². The predicted molar refractivity (Wildman–Crippen MR) is 87.4 cm³/mol. The first-order valence-corrected chi connectivity index (χ1v) is 9.19. The molecule has 0 amide bonds. The zero-order valence-corrected chi connectivity index (χ0v) is 14.8. The number of sulfonamides is 1. The van der Waals surface area contributed by atoms with Crippen molar-refractivity contribution in [1.29, 1.82) is 0 Å². The van der Waals surface area contributed by atoms with E-state index >= 15 is 0 Å². The van der Waals surface area contributed by atoms with Gasteiger partial charge in [-0.25, -0.2) is 8.42 Å². The van der Waals surface area contributed by atoms with Crippen molar-refractivity contribution in [2.24, 2.45) is 0 Å². The Morgan fingerprint density at radius 3 is 2.77 bits per heavy atom. The third kappa shape index (κ3) is 2.47. The van der Waals surface area contributed by atoms with E-state index in [0.717, 1.165) is 5.69 Å². The Kier molecular flexibility index (Phi) is 4.05. The van der Waals surface area contributed by atoms with Gasteiger partial charge in [-0.2, -0.15) is 4.31 Å². The summed E-state index contributed by atoms with van der Waals surface area (Å²) in [5.41, 5.74) is 1.00. The van der Waals surface area contributed by atoms with Crippen molar-refractivity contribution < 1.29 is 13.2 Å². The summed E-state index contributed by atoms with van der Waals surface area (Å²) in [5, 5.41) is 0. The van der Waals surface area contributed by atoms with Gasteiger partial charge >= 0.3 is 0 Å². The number of hydrogen-bond acceptors (Lipinski definition) is 3. The van der Waals surface area contributed by atoms with Crippen LogP contribution in [0.1, 0.15) is 18.7 Å². The zero-order chi connectivity index (χ0) is 15.9. The van der Waals surface area contributed by atoms with E-state index in [-0.39, 0.29) is 10.9 Å². The molecule has 1 aromatic heterocycles. The van der Waals surface area contributed by atoms with Gasteiger partial charge in [0, 0.05) is 29.5 Å². The highest BCUT2D eigenvalue weighted by Gasteiger charge is 2.35. The van der Waals surface area contributed by atoms with Crippen LogP contribution in [-0.4, -0.2) is 30.9 Å². The first kappa shape index (κ1) is 15.6. The van der Waals surface area contributed by atoms with E-state index in [1.807, 2.05) is 25.3 Å². The van der Waals surface area contributed by atoms with Gasteiger partial charge in [0.05, 0.1) is 13.2 Å². The van der Waals surface area contributed by atoms with Gasteiger partial charge < -0.3 is 9.30 Å². The lowest BCUT2D eigenvalue weighted by atomic mass is 10.2. The molecule has 22 heavy (non-hydrogen) atoms. The van der Waals surface area contributed by atoms with Crippen molar-refractivity contribution in [2.75, 3.05) is 13.7 Å². The lowest BCUT2D eigenvalue weighted by Crippen LogP contribution is -2.40. The highest BCUT2D eigenvalue weighted by atomic mass is 79.9. The van der Waals surface area contributed by atoms with E-state index in [1.165, 1.54) is 11.4 Å². The SMILES string of the molecule is COc1ccc(Br)cc1S(=O)(=O)N1CCn2cccc2C1C. The van der Waals surface area contributed by atoms with Gasteiger partial charge in [-0.3, -0.25) is 0 Å². The predicted octanol–water partition coefficient (Wildman–Crippen LogP) is 3.02. The molecule has 2 heterocycles. The fourth-order valence-corrected chi connectivity index (χ4v) is 5.16. The van der Waals surface area contributed by atoms with Gasteiger partial charge in [-0.05, 0) is 37.3 Å². The second-order valence-corrected chi connectivity index (χ2v) is 7.99. The molecule has 1 atom stereocenters. The molecule has 0 fully saturated rings. The third-order valence-electron chi connectivity index (χ3n) is 4.00. The summed E-state index contributed by atoms with van der Waals surface area (Å²) in [6.07, 6.45) is 1.98. The lowest BCUT2D eigenvalue weighted by molar-refractivity contribution is 0.281. The second-order valence-electron chi connectivity index (χ2n) is 5.21. The summed E-state index contributed by atoms with van der Waals surface area (Å²) in [6.45, 7) is 3.01. The van der Waals surface area contributed by atoms with Crippen molar-refractivity contribution >= 4 is 26.0 Å². The summed E-state index contributed by atoms with van der Waals surface area (Å²) < 4.78 is 35.7. The van der Waals surface area contributed by atoms with Crippen molar-refractivity contribution in [2.45, 2.75) is 24.4 Å². The number of ether oxygens (including phenoxy) is 1. The molecule has 0 saturated heterocycles. The Balaban J connectivity index is 2.06. The van der Waals surface area contributed by atoms with Crippen LogP contribution < -0.4 is 4.74 Å². The number of aromatic nitrogens is 1. The highest BCUT2D eigenvalue weighted by molar-refractivity contribution is 9.10. The largest absolute Gasteiger partial charge is 0.495 e. The number of methoxy groups -OCH3 is 1. The topological polar surface area (TPSA) is 51.5 Å². The molecule has 1 aliphatic heterocycles.